The summed E-state index contributed by atoms with van der Waals surface area (Å²) < 4.78 is 0. The van der Waals surface area contributed by atoms with E-state index in [1.165, 1.54) is 5.56 Å². The van der Waals surface area contributed by atoms with Gasteiger partial charge in [0.25, 0.3) is 0 Å². The monoisotopic (exact) mass is 384 g/mol. The van der Waals surface area contributed by atoms with Crippen molar-refractivity contribution in [1.82, 2.24) is 0 Å². The molecule has 0 radical (unpaired) electrons. The molecule has 3 atom stereocenters. The third kappa shape index (κ3) is 3.94. The lowest BCUT2D eigenvalue weighted by atomic mass is 9.52. The lowest BCUT2D eigenvalue weighted by molar-refractivity contribution is -0.0156. The molecule has 0 saturated heterocycles. The van der Waals surface area contributed by atoms with Gasteiger partial charge in [0.05, 0.1) is 6.10 Å². The molecule has 0 aromatic heterocycles. The Labute approximate surface area is 172 Å². The van der Waals surface area contributed by atoms with Crippen LogP contribution in [0.25, 0.3) is 0 Å². The third-order valence-corrected chi connectivity index (χ3v) is 6.55. The van der Waals surface area contributed by atoms with Crippen LogP contribution in [0.1, 0.15) is 90.8 Å². The normalized spacial score (nSPS) is 24.2. The highest BCUT2D eigenvalue weighted by molar-refractivity contribution is 5.48. The highest BCUT2D eigenvalue weighted by Gasteiger charge is 2.52. The molecule has 0 heterocycles. The zero-order valence-electron chi connectivity index (χ0n) is 19.4. The Kier molecular flexibility index (Phi) is 6.26. The van der Waals surface area contributed by atoms with Gasteiger partial charge >= 0.3 is 0 Å². The number of hydrogen-bond donors (Lipinski definition) is 2. The van der Waals surface area contributed by atoms with Gasteiger partial charge in [-0.2, -0.15) is 0 Å². The van der Waals surface area contributed by atoms with Crippen LogP contribution in [-0.2, 0) is 5.41 Å². The van der Waals surface area contributed by atoms with Crippen molar-refractivity contribution in [3.05, 3.63) is 52.6 Å². The highest BCUT2D eigenvalue weighted by atomic mass is 16.3. The number of allylic oxidation sites excluding steroid dienone is 2. The van der Waals surface area contributed by atoms with E-state index in [-0.39, 0.29) is 16.7 Å². The lowest BCUT2D eigenvalue weighted by Crippen LogP contribution is -2.49. The SMILES string of the molecule is CCCC(c1cc(C(C)(C)C)c(O)cc1C)C1(C(C)(C)C)C=CC(C)=CC1O. The minimum absolute atomic E-state index is 0.133. The third-order valence-electron chi connectivity index (χ3n) is 6.55. The van der Waals surface area contributed by atoms with Crippen LogP contribution in [0.15, 0.2) is 35.9 Å². The average molecular weight is 385 g/mol. The highest BCUT2D eigenvalue weighted by Crippen LogP contribution is 2.57. The molecule has 0 saturated carbocycles. The summed E-state index contributed by atoms with van der Waals surface area (Å²) in [5.41, 5.74) is 3.75. The van der Waals surface area contributed by atoms with E-state index in [0.29, 0.717) is 5.75 Å². The molecule has 28 heavy (non-hydrogen) atoms. The van der Waals surface area contributed by atoms with E-state index >= 15 is 0 Å². The molecule has 0 spiro atoms. The van der Waals surface area contributed by atoms with Gasteiger partial charge in [0, 0.05) is 5.41 Å². The second-order valence-corrected chi connectivity index (χ2v) is 10.7. The van der Waals surface area contributed by atoms with Crippen molar-refractivity contribution < 1.29 is 10.2 Å². The van der Waals surface area contributed by atoms with Crippen LogP contribution < -0.4 is 0 Å². The van der Waals surface area contributed by atoms with E-state index in [1.54, 1.807) is 0 Å². The van der Waals surface area contributed by atoms with Crippen molar-refractivity contribution >= 4 is 0 Å². The molecule has 1 aliphatic carbocycles. The van der Waals surface area contributed by atoms with Gasteiger partial charge in [0.2, 0.25) is 0 Å². The molecule has 2 rings (SSSR count). The van der Waals surface area contributed by atoms with Crippen LogP contribution in [-0.4, -0.2) is 16.3 Å². The van der Waals surface area contributed by atoms with Crippen molar-refractivity contribution in [2.75, 3.05) is 0 Å². The number of hydrogen-bond acceptors (Lipinski definition) is 2. The first-order chi connectivity index (χ1) is 12.8. The topological polar surface area (TPSA) is 40.5 Å². The number of rotatable bonds is 4. The Morgan fingerprint density at radius 1 is 1.07 bits per heavy atom. The molecule has 1 aromatic rings. The Hall–Kier alpha value is -1.54. The van der Waals surface area contributed by atoms with Crippen LogP contribution in [0.2, 0.25) is 0 Å². The van der Waals surface area contributed by atoms with Crippen molar-refractivity contribution in [2.24, 2.45) is 10.8 Å². The standard InChI is InChI=1S/C26H40O2/c1-10-11-20(19-16-21(24(4,5)6)22(27)15-18(19)3)26(25(7,8)9)13-12-17(2)14-23(26)28/h12-16,20,23,27-28H,10-11H2,1-9H3. The Balaban J connectivity index is 2.79. The van der Waals surface area contributed by atoms with Crippen LogP contribution in [0.4, 0.5) is 0 Å². The van der Waals surface area contributed by atoms with Crippen LogP contribution in [0.5, 0.6) is 5.75 Å². The second-order valence-electron chi connectivity index (χ2n) is 10.7. The molecule has 0 aliphatic heterocycles. The summed E-state index contributed by atoms with van der Waals surface area (Å²) >= 11 is 0. The van der Waals surface area contributed by atoms with Gasteiger partial charge in [-0.25, -0.2) is 0 Å². The Morgan fingerprint density at radius 3 is 2.14 bits per heavy atom. The summed E-state index contributed by atoms with van der Waals surface area (Å²) in [5.74, 6) is 0.527. The second kappa shape index (κ2) is 7.71. The maximum atomic E-state index is 11.4. The molecule has 2 heteroatoms. The average Bonchev–Trinajstić information content (AvgIpc) is 2.51. The molecule has 1 aromatic carbocycles. The fourth-order valence-electron chi connectivity index (χ4n) is 4.97. The number of aryl methyl sites for hydroxylation is 1. The van der Waals surface area contributed by atoms with Crippen molar-refractivity contribution in [3.8, 4) is 5.75 Å². The minimum Gasteiger partial charge on any atom is -0.508 e. The molecule has 0 amide bonds. The molecule has 1 aliphatic rings. The van der Waals surface area contributed by atoms with E-state index in [4.69, 9.17) is 0 Å². The van der Waals surface area contributed by atoms with Crippen LogP contribution in [0.3, 0.4) is 0 Å². The first-order valence-corrected chi connectivity index (χ1v) is 10.7. The first-order valence-electron chi connectivity index (χ1n) is 10.7. The Bertz CT molecular complexity index is 771. The van der Waals surface area contributed by atoms with Crippen molar-refractivity contribution in [1.29, 1.82) is 0 Å². The lowest BCUT2D eigenvalue weighted by Gasteiger charge is -2.52. The summed E-state index contributed by atoms with van der Waals surface area (Å²) in [5, 5.41) is 22.0. The molecule has 2 N–H and O–H groups in total. The van der Waals surface area contributed by atoms with Gasteiger partial charge in [-0.05, 0) is 59.8 Å². The maximum Gasteiger partial charge on any atom is 0.119 e. The van der Waals surface area contributed by atoms with Gasteiger partial charge in [0.15, 0.2) is 0 Å². The number of aromatic hydroxyl groups is 1. The molecule has 3 unspecified atom stereocenters. The fourth-order valence-corrected chi connectivity index (χ4v) is 4.97. The van der Waals surface area contributed by atoms with E-state index in [1.807, 2.05) is 19.1 Å². The maximum absolute atomic E-state index is 11.4. The van der Waals surface area contributed by atoms with E-state index in [9.17, 15) is 10.2 Å². The van der Waals surface area contributed by atoms with Crippen molar-refractivity contribution in [3.63, 3.8) is 0 Å². The molecule has 0 bridgehead atoms. The molecule has 2 nitrogen and oxygen atoms in total. The molecule has 156 valence electrons. The van der Waals surface area contributed by atoms with E-state index in [2.05, 4.69) is 73.6 Å². The van der Waals surface area contributed by atoms with Gasteiger partial charge in [-0.1, -0.05) is 84.8 Å². The van der Waals surface area contributed by atoms with Gasteiger partial charge in [0.1, 0.15) is 5.75 Å². The van der Waals surface area contributed by atoms with E-state index < -0.39 is 11.5 Å². The summed E-state index contributed by atoms with van der Waals surface area (Å²) in [6.07, 6.45) is 7.92. The zero-order valence-corrected chi connectivity index (χ0v) is 19.4. The quantitative estimate of drug-likeness (QED) is 0.600. The summed E-state index contributed by atoms with van der Waals surface area (Å²) in [6, 6.07) is 4.11. The summed E-state index contributed by atoms with van der Waals surface area (Å²) in [6.45, 7) is 19.5. The Morgan fingerprint density at radius 2 is 1.68 bits per heavy atom. The fraction of sp³-hybridized carbons (Fsp3) is 0.615. The minimum atomic E-state index is -0.541. The largest absolute Gasteiger partial charge is 0.508 e. The number of aliphatic hydroxyl groups is 1. The number of aliphatic hydroxyl groups excluding tert-OH is 1. The first kappa shape index (κ1) is 22.7. The predicted octanol–water partition coefficient (Wildman–Crippen LogP) is 6.79. The molecule has 0 fully saturated rings. The van der Waals surface area contributed by atoms with Gasteiger partial charge in [-0.3, -0.25) is 0 Å². The van der Waals surface area contributed by atoms with Crippen molar-refractivity contribution in [2.45, 2.75) is 92.6 Å². The number of phenols is 1. The number of benzene rings is 1. The molecular formula is C26H40O2. The summed E-state index contributed by atoms with van der Waals surface area (Å²) in [7, 11) is 0. The summed E-state index contributed by atoms with van der Waals surface area (Å²) in [4.78, 5) is 0. The van der Waals surface area contributed by atoms with Gasteiger partial charge in [-0.15, -0.1) is 0 Å². The van der Waals surface area contributed by atoms with Crippen LogP contribution in [0, 0.1) is 17.8 Å². The zero-order chi connectivity index (χ0) is 21.5. The number of phenolic OH excluding ortho intramolecular Hbond substituents is 1. The molecular weight excluding hydrogens is 344 g/mol. The predicted molar refractivity (Wildman–Crippen MR) is 120 cm³/mol. The van der Waals surface area contributed by atoms with E-state index in [0.717, 1.165) is 29.5 Å². The van der Waals surface area contributed by atoms with Crippen LogP contribution >= 0.6 is 0 Å². The van der Waals surface area contributed by atoms with Gasteiger partial charge < -0.3 is 10.2 Å². The smallest absolute Gasteiger partial charge is 0.119 e.